The summed E-state index contributed by atoms with van der Waals surface area (Å²) in [5.41, 5.74) is 9.40. The van der Waals surface area contributed by atoms with Crippen molar-refractivity contribution in [1.29, 1.82) is 0 Å². The van der Waals surface area contributed by atoms with E-state index in [1.54, 1.807) is 6.07 Å². The van der Waals surface area contributed by atoms with Gasteiger partial charge in [-0.15, -0.1) is 0 Å². The van der Waals surface area contributed by atoms with Gasteiger partial charge in [-0.3, -0.25) is 0 Å². The molecule has 1 fully saturated rings. The fourth-order valence-corrected chi connectivity index (χ4v) is 3.71. The van der Waals surface area contributed by atoms with Crippen LogP contribution in [0.3, 0.4) is 0 Å². The third-order valence-corrected chi connectivity index (χ3v) is 5.36. The minimum Gasteiger partial charge on any atom is -0.382 e. The molecule has 0 saturated carbocycles. The standard InChI is InChI=1S/C21H25FN6/c1-28-6-4-14(5-7-28)11-24-12-15-8-16(10-17(22)9-15)18-2-3-19-20(27-18)21(23)26-13-25-19/h2-3,8-10,13-14,24H,4-7,11-12H2,1H3,(H2,23,25,26). The van der Waals surface area contributed by atoms with Crippen LogP contribution in [0.1, 0.15) is 18.4 Å². The van der Waals surface area contributed by atoms with E-state index in [1.165, 1.54) is 25.2 Å². The number of hydrogen-bond donors (Lipinski definition) is 2. The van der Waals surface area contributed by atoms with Crippen molar-refractivity contribution in [3.8, 4) is 11.3 Å². The molecule has 0 aliphatic carbocycles. The molecular formula is C21H25FN6. The van der Waals surface area contributed by atoms with Crippen LogP contribution >= 0.6 is 0 Å². The first-order chi connectivity index (χ1) is 13.6. The van der Waals surface area contributed by atoms with Crippen LogP contribution in [0, 0.1) is 11.7 Å². The van der Waals surface area contributed by atoms with Gasteiger partial charge in [0, 0.05) is 12.1 Å². The number of anilines is 1. The Kier molecular flexibility index (Phi) is 5.45. The summed E-state index contributed by atoms with van der Waals surface area (Å²) in [6.07, 6.45) is 3.83. The topological polar surface area (TPSA) is 80.0 Å². The number of rotatable bonds is 5. The molecule has 3 N–H and O–H groups in total. The van der Waals surface area contributed by atoms with Gasteiger partial charge < -0.3 is 16.0 Å². The summed E-state index contributed by atoms with van der Waals surface area (Å²) in [6, 6.07) is 8.70. The molecule has 0 bridgehead atoms. The van der Waals surface area contributed by atoms with Crippen LogP contribution < -0.4 is 11.1 Å². The molecule has 146 valence electrons. The fraction of sp³-hybridized carbons (Fsp3) is 0.381. The number of benzene rings is 1. The third kappa shape index (κ3) is 4.26. The Labute approximate surface area is 164 Å². The molecule has 3 heterocycles. The number of nitrogens with one attached hydrogen (secondary N) is 1. The average molecular weight is 380 g/mol. The quantitative estimate of drug-likeness (QED) is 0.709. The van der Waals surface area contributed by atoms with Gasteiger partial charge in [0.25, 0.3) is 0 Å². The van der Waals surface area contributed by atoms with E-state index in [1.807, 2.05) is 18.2 Å². The van der Waals surface area contributed by atoms with Crippen molar-refractivity contribution in [3.05, 3.63) is 48.0 Å². The lowest BCUT2D eigenvalue weighted by Crippen LogP contribution is -2.34. The molecule has 1 saturated heterocycles. The zero-order valence-electron chi connectivity index (χ0n) is 16.0. The summed E-state index contributed by atoms with van der Waals surface area (Å²) >= 11 is 0. The Bertz CT molecular complexity index is 968. The number of fused-ring (bicyclic) bond motifs is 1. The number of aromatic nitrogens is 3. The maximum Gasteiger partial charge on any atom is 0.153 e. The lowest BCUT2D eigenvalue weighted by atomic mass is 9.97. The van der Waals surface area contributed by atoms with E-state index in [2.05, 4.69) is 32.2 Å². The molecule has 4 rings (SSSR count). The molecule has 28 heavy (non-hydrogen) atoms. The summed E-state index contributed by atoms with van der Waals surface area (Å²) in [5.74, 6) is 0.741. The molecule has 0 amide bonds. The van der Waals surface area contributed by atoms with Gasteiger partial charge in [-0.1, -0.05) is 0 Å². The van der Waals surface area contributed by atoms with Crippen LogP contribution in [0.25, 0.3) is 22.3 Å². The Morgan fingerprint density at radius 3 is 2.82 bits per heavy atom. The van der Waals surface area contributed by atoms with Gasteiger partial charge in [-0.2, -0.15) is 0 Å². The Balaban J connectivity index is 1.48. The van der Waals surface area contributed by atoms with Gasteiger partial charge in [0.2, 0.25) is 0 Å². The predicted octanol–water partition coefficient (Wildman–Crippen LogP) is 2.84. The number of pyridine rings is 1. The van der Waals surface area contributed by atoms with Crippen LogP contribution in [-0.2, 0) is 6.54 Å². The van der Waals surface area contributed by atoms with Gasteiger partial charge >= 0.3 is 0 Å². The highest BCUT2D eigenvalue weighted by Gasteiger charge is 2.16. The third-order valence-electron chi connectivity index (χ3n) is 5.36. The summed E-state index contributed by atoms with van der Waals surface area (Å²) < 4.78 is 14.2. The van der Waals surface area contributed by atoms with E-state index in [0.717, 1.165) is 30.8 Å². The van der Waals surface area contributed by atoms with Crippen molar-refractivity contribution >= 4 is 16.9 Å². The van der Waals surface area contributed by atoms with Crippen molar-refractivity contribution < 1.29 is 4.39 Å². The Morgan fingerprint density at radius 2 is 2.00 bits per heavy atom. The number of nitrogens with zero attached hydrogens (tertiary/aromatic N) is 4. The number of nitrogens with two attached hydrogens (primary N) is 1. The zero-order valence-corrected chi connectivity index (χ0v) is 16.0. The molecule has 2 aromatic heterocycles. The number of nitrogen functional groups attached to an aromatic ring is 1. The number of likely N-dealkylation sites (tertiary alicyclic amines) is 1. The second kappa shape index (κ2) is 8.16. The van der Waals surface area contributed by atoms with Crippen LogP contribution in [0.4, 0.5) is 10.2 Å². The zero-order chi connectivity index (χ0) is 19.5. The molecule has 6 nitrogen and oxygen atoms in total. The highest BCUT2D eigenvalue weighted by molar-refractivity contribution is 5.85. The predicted molar refractivity (Wildman–Crippen MR) is 109 cm³/mol. The van der Waals surface area contributed by atoms with Crippen LogP contribution in [0.15, 0.2) is 36.7 Å². The number of halogens is 1. The van der Waals surface area contributed by atoms with E-state index >= 15 is 0 Å². The minimum atomic E-state index is -0.271. The van der Waals surface area contributed by atoms with E-state index in [0.29, 0.717) is 35.0 Å². The molecule has 1 aliphatic heterocycles. The lowest BCUT2D eigenvalue weighted by molar-refractivity contribution is 0.216. The minimum absolute atomic E-state index is 0.271. The van der Waals surface area contributed by atoms with Crippen LogP contribution in [-0.4, -0.2) is 46.5 Å². The maximum atomic E-state index is 14.2. The molecule has 0 unspecified atom stereocenters. The second-order valence-corrected chi connectivity index (χ2v) is 7.55. The van der Waals surface area contributed by atoms with Crippen molar-refractivity contribution in [2.24, 2.45) is 5.92 Å². The van der Waals surface area contributed by atoms with E-state index < -0.39 is 0 Å². The number of piperidine rings is 1. The Morgan fingerprint density at radius 1 is 1.18 bits per heavy atom. The van der Waals surface area contributed by atoms with Crippen LogP contribution in [0.2, 0.25) is 0 Å². The van der Waals surface area contributed by atoms with Gasteiger partial charge in [0.15, 0.2) is 5.82 Å². The van der Waals surface area contributed by atoms with Crippen molar-refractivity contribution in [3.63, 3.8) is 0 Å². The largest absolute Gasteiger partial charge is 0.382 e. The highest BCUT2D eigenvalue weighted by atomic mass is 19.1. The van der Waals surface area contributed by atoms with Gasteiger partial charge in [0.1, 0.15) is 17.7 Å². The smallest absolute Gasteiger partial charge is 0.153 e. The van der Waals surface area contributed by atoms with E-state index in [-0.39, 0.29) is 5.82 Å². The molecule has 3 aromatic rings. The van der Waals surface area contributed by atoms with E-state index in [4.69, 9.17) is 5.73 Å². The van der Waals surface area contributed by atoms with Gasteiger partial charge in [-0.05, 0) is 81.3 Å². The van der Waals surface area contributed by atoms with Crippen LogP contribution in [0.5, 0.6) is 0 Å². The maximum absolute atomic E-state index is 14.2. The monoisotopic (exact) mass is 380 g/mol. The van der Waals surface area contributed by atoms with E-state index in [9.17, 15) is 4.39 Å². The first kappa shape index (κ1) is 18.7. The lowest BCUT2D eigenvalue weighted by Gasteiger charge is -2.29. The first-order valence-electron chi connectivity index (χ1n) is 9.65. The van der Waals surface area contributed by atoms with Crippen molar-refractivity contribution in [2.75, 3.05) is 32.4 Å². The first-order valence-corrected chi connectivity index (χ1v) is 9.65. The summed E-state index contributed by atoms with van der Waals surface area (Å²) in [7, 11) is 2.17. The van der Waals surface area contributed by atoms with Gasteiger partial charge in [-0.25, -0.2) is 19.3 Å². The molecule has 1 aromatic carbocycles. The normalized spacial score (nSPS) is 15.9. The molecule has 7 heteroatoms. The average Bonchev–Trinajstić information content (AvgIpc) is 2.69. The molecule has 0 spiro atoms. The van der Waals surface area contributed by atoms with Crippen molar-refractivity contribution in [1.82, 2.24) is 25.2 Å². The number of hydrogen-bond acceptors (Lipinski definition) is 6. The molecule has 0 radical (unpaired) electrons. The molecule has 1 aliphatic rings. The van der Waals surface area contributed by atoms with Crippen molar-refractivity contribution in [2.45, 2.75) is 19.4 Å². The summed E-state index contributed by atoms with van der Waals surface area (Å²) in [5, 5.41) is 3.49. The summed E-state index contributed by atoms with van der Waals surface area (Å²) in [4.78, 5) is 15.1. The van der Waals surface area contributed by atoms with Gasteiger partial charge in [0.05, 0.1) is 11.2 Å². The molecule has 0 atom stereocenters. The SMILES string of the molecule is CN1CCC(CNCc2cc(F)cc(-c3ccc4ncnc(N)c4n3)c2)CC1. The fourth-order valence-electron chi connectivity index (χ4n) is 3.71. The second-order valence-electron chi connectivity index (χ2n) is 7.55. The summed E-state index contributed by atoms with van der Waals surface area (Å²) in [6.45, 7) is 3.89. The highest BCUT2D eigenvalue weighted by Crippen LogP contribution is 2.24. The molecular weight excluding hydrogens is 355 g/mol. The Hall–Kier alpha value is -2.64.